The number of hydrogen-bond acceptors (Lipinski definition) is 7. The summed E-state index contributed by atoms with van der Waals surface area (Å²) in [5.41, 5.74) is 1.17. The van der Waals surface area contributed by atoms with E-state index in [4.69, 9.17) is 25.8 Å². The number of methoxy groups -OCH3 is 1. The highest BCUT2D eigenvalue weighted by Gasteiger charge is 2.19. The Bertz CT molecular complexity index is 1110. The number of rotatable bonds is 6. The van der Waals surface area contributed by atoms with Crippen molar-refractivity contribution in [3.05, 3.63) is 47.5 Å². The summed E-state index contributed by atoms with van der Waals surface area (Å²) in [5.74, 6) is 0.655. The maximum Gasteiger partial charge on any atom is 0.260 e. The topological polar surface area (TPSA) is 85.8 Å². The minimum absolute atomic E-state index is 0.00400. The molecule has 2 aromatic carbocycles. The number of carbonyl (C=O) groups excluding carboxylic acids is 1. The highest BCUT2D eigenvalue weighted by molar-refractivity contribution is 6.31. The van der Waals surface area contributed by atoms with Gasteiger partial charge in [-0.05, 0) is 24.3 Å². The number of fused-ring (bicyclic) bond motifs is 1. The van der Waals surface area contributed by atoms with Gasteiger partial charge in [-0.15, -0.1) is 0 Å². The fraction of sp³-hybridized carbons (Fsp3) is 0.286. The van der Waals surface area contributed by atoms with Gasteiger partial charge in [0, 0.05) is 30.2 Å². The summed E-state index contributed by atoms with van der Waals surface area (Å²) in [7, 11) is 1.51. The molecular formula is C21H20ClFN4O4. The fourth-order valence-corrected chi connectivity index (χ4v) is 3.37. The van der Waals surface area contributed by atoms with Crippen LogP contribution in [0, 0.1) is 5.82 Å². The molecule has 1 aliphatic heterocycles. The Balaban J connectivity index is 1.60. The van der Waals surface area contributed by atoms with Gasteiger partial charge in [-0.25, -0.2) is 14.4 Å². The van der Waals surface area contributed by atoms with E-state index in [1.54, 1.807) is 23.1 Å². The number of morpholine rings is 1. The highest BCUT2D eigenvalue weighted by atomic mass is 35.5. The molecule has 0 saturated carbocycles. The van der Waals surface area contributed by atoms with E-state index >= 15 is 0 Å². The highest BCUT2D eigenvalue weighted by Crippen LogP contribution is 2.35. The number of halogens is 2. The molecular weight excluding hydrogens is 427 g/mol. The molecule has 1 fully saturated rings. The molecule has 1 aromatic heterocycles. The number of aromatic nitrogens is 2. The number of ether oxygens (including phenoxy) is 3. The summed E-state index contributed by atoms with van der Waals surface area (Å²) >= 11 is 5.87. The van der Waals surface area contributed by atoms with Crippen LogP contribution in [0.3, 0.4) is 0 Å². The molecule has 162 valence electrons. The van der Waals surface area contributed by atoms with Crippen LogP contribution >= 0.6 is 11.6 Å². The lowest BCUT2D eigenvalue weighted by atomic mass is 10.2. The Hall–Kier alpha value is -3.17. The molecule has 0 aliphatic carbocycles. The Kier molecular flexibility index (Phi) is 6.34. The maximum absolute atomic E-state index is 13.5. The SMILES string of the molecule is COc1cc2ncnc(Nc3ccc(F)c(Cl)c3)c2cc1OCC(=O)N1CCOCC1. The minimum Gasteiger partial charge on any atom is -0.493 e. The zero-order chi connectivity index (χ0) is 21.8. The van der Waals surface area contributed by atoms with E-state index in [0.29, 0.717) is 60.2 Å². The quantitative estimate of drug-likeness (QED) is 0.621. The number of benzene rings is 2. The summed E-state index contributed by atoms with van der Waals surface area (Å²) in [6, 6.07) is 7.69. The van der Waals surface area contributed by atoms with Gasteiger partial charge >= 0.3 is 0 Å². The van der Waals surface area contributed by atoms with Gasteiger partial charge in [-0.2, -0.15) is 0 Å². The van der Waals surface area contributed by atoms with Crippen LogP contribution in [-0.4, -0.2) is 60.8 Å². The normalized spacial score (nSPS) is 13.8. The average molecular weight is 447 g/mol. The zero-order valence-electron chi connectivity index (χ0n) is 16.7. The van der Waals surface area contributed by atoms with E-state index in [1.165, 1.54) is 25.6 Å². The Labute approximate surface area is 182 Å². The molecule has 3 aromatic rings. The van der Waals surface area contributed by atoms with Crippen LogP contribution in [0.25, 0.3) is 10.9 Å². The molecule has 0 radical (unpaired) electrons. The molecule has 31 heavy (non-hydrogen) atoms. The number of nitrogens with one attached hydrogen (secondary N) is 1. The predicted molar refractivity (Wildman–Crippen MR) is 114 cm³/mol. The van der Waals surface area contributed by atoms with Crippen molar-refractivity contribution < 1.29 is 23.4 Å². The lowest BCUT2D eigenvalue weighted by Gasteiger charge is -2.26. The molecule has 1 amide bonds. The zero-order valence-corrected chi connectivity index (χ0v) is 17.5. The molecule has 1 N–H and O–H groups in total. The van der Waals surface area contributed by atoms with Crippen LogP contribution in [0.15, 0.2) is 36.7 Å². The van der Waals surface area contributed by atoms with Crippen molar-refractivity contribution in [3.8, 4) is 11.5 Å². The first-order valence-corrected chi connectivity index (χ1v) is 9.96. The van der Waals surface area contributed by atoms with Gasteiger partial charge in [-0.3, -0.25) is 4.79 Å². The molecule has 1 saturated heterocycles. The van der Waals surface area contributed by atoms with Gasteiger partial charge < -0.3 is 24.4 Å². The van der Waals surface area contributed by atoms with Crippen LogP contribution < -0.4 is 14.8 Å². The third-order valence-electron chi connectivity index (χ3n) is 4.82. The van der Waals surface area contributed by atoms with Crippen molar-refractivity contribution >= 4 is 39.9 Å². The van der Waals surface area contributed by atoms with E-state index in [-0.39, 0.29) is 17.5 Å². The smallest absolute Gasteiger partial charge is 0.260 e. The van der Waals surface area contributed by atoms with Crippen LogP contribution in [0.4, 0.5) is 15.9 Å². The van der Waals surface area contributed by atoms with E-state index in [2.05, 4.69) is 15.3 Å². The van der Waals surface area contributed by atoms with E-state index in [0.717, 1.165) is 0 Å². The Morgan fingerprint density at radius 3 is 2.77 bits per heavy atom. The van der Waals surface area contributed by atoms with Crippen LogP contribution in [0.5, 0.6) is 11.5 Å². The Morgan fingerprint density at radius 2 is 2.03 bits per heavy atom. The first-order valence-electron chi connectivity index (χ1n) is 9.58. The summed E-state index contributed by atoms with van der Waals surface area (Å²) in [6.07, 6.45) is 1.40. The lowest BCUT2D eigenvalue weighted by Crippen LogP contribution is -2.43. The first kappa shape index (κ1) is 21.1. The second-order valence-electron chi connectivity index (χ2n) is 6.78. The summed E-state index contributed by atoms with van der Waals surface area (Å²) in [5, 5.41) is 3.74. The number of hydrogen-bond donors (Lipinski definition) is 1. The second kappa shape index (κ2) is 9.32. The van der Waals surface area contributed by atoms with Crippen LogP contribution in [-0.2, 0) is 9.53 Å². The maximum atomic E-state index is 13.5. The van der Waals surface area contributed by atoms with E-state index in [1.807, 2.05) is 0 Å². The van der Waals surface area contributed by atoms with Gasteiger partial charge in [0.25, 0.3) is 5.91 Å². The number of carbonyl (C=O) groups is 1. The number of anilines is 2. The van der Waals surface area contributed by atoms with Gasteiger partial charge in [-0.1, -0.05) is 11.6 Å². The van der Waals surface area contributed by atoms with Crippen LogP contribution in [0.1, 0.15) is 0 Å². The molecule has 8 nitrogen and oxygen atoms in total. The summed E-state index contributed by atoms with van der Waals surface area (Å²) < 4.78 is 29.9. The van der Waals surface area contributed by atoms with Crippen molar-refractivity contribution in [2.75, 3.05) is 45.3 Å². The average Bonchev–Trinajstić information content (AvgIpc) is 2.80. The van der Waals surface area contributed by atoms with Crippen molar-refractivity contribution in [2.24, 2.45) is 0 Å². The van der Waals surface area contributed by atoms with E-state index in [9.17, 15) is 9.18 Å². The molecule has 10 heteroatoms. The predicted octanol–water partition coefficient (Wildman–Crippen LogP) is 3.41. The van der Waals surface area contributed by atoms with E-state index < -0.39 is 5.82 Å². The lowest BCUT2D eigenvalue weighted by molar-refractivity contribution is -0.137. The van der Waals surface area contributed by atoms with Gasteiger partial charge in [0.2, 0.25) is 0 Å². The largest absolute Gasteiger partial charge is 0.493 e. The van der Waals surface area contributed by atoms with Crippen molar-refractivity contribution in [3.63, 3.8) is 0 Å². The molecule has 0 spiro atoms. The monoisotopic (exact) mass is 446 g/mol. The Morgan fingerprint density at radius 1 is 1.23 bits per heavy atom. The molecule has 1 aliphatic rings. The van der Waals surface area contributed by atoms with Crippen molar-refractivity contribution in [1.29, 1.82) is 0 Å². The number of amides is 1. The first-order chi connectivity index (χ1) is 15.0. The molecule has 0 unspecified atom stereocenters. The van der Waals surface area contributed by atoms with Crippen LogP contribution in [0.2, 0.25) is 5.02 Å². The second-order valence-corrected chi connectivity index (χ2v) is 7.19. The van der Waals surface area contributed by atoms with Gasteiger partial charge in [0.05, 0.1) is 30.9 Å². The standard InChI is InChI=1S/C21H20ClFN4O4/c1-29-18-10-17-14(9-19(18)31-11-20(28)27-4-6-30-7-5-27)21(25-12-24-17)26-13-2-3-16(23)15(22)8-13/h2-3,8-10,12H,4-7,11H2,1H3,(H,24,25,26). The third kappa shape index (κ3) is 4.78. The summed E-state index contributed by atoms with van der Waals surface area (Å²) in [6.45, 7) is 1.99. The minimum atomic E-state index is -0.509. The number of nitrogens with zero attached hydrogens (tertiary/aromatic N) is 3. The molecule has 2 heterocycles. The molecule has 0 atom stereocenters. The van der Waals surface area contributed by atoms with Crippen molar-refractivity contribution in [1.82, 2.24) is 14.9 Å². The summed E-state index contributed by atoms with van der Waals surface area (Å²) in [4.78, 5) is 22.7. The van der Waals surface area contributed by atoms with Gasteiger partial charge in [0.1, 0.15) is 18.0 Å². The molecule has 0 bridgehead atoms. The third-order valence-corrected chi connectivity index (χ3v) is 5.11. The fourth-order valence-electron chi connectivity index (χ4n) is 3.19. The van der Waals surface area contributed by atoms with Gasteiger partial charge in [0.15, 0.2) is 18.1 Å². The van der Waals surface area contributed by atoms with Crippen molar-refractivity contribution in [2.45, 2.75) is 0 Å². The molecule has 4 rings (SSSR count).